The van der Waals surface area contributed by atoms with Gasteiger partial charge in [-0.25, -0.2) is 9.97 Å². The quantitative estimate of drug-likeness (QED) is 0.700. The summed E-state index contributed by atoms with van der Waals surface area (Å²) in [6.45, 7) is 1.84. The molecule has 0 atom stereocenters. The molecule has 0 aliphatic carbocycles. The largest absolute Gasteiger partial charge is 0.383 e. The van der Waals surface area contributed by atoms with Crippen molar-refractivity contribution in [2.45, 2.75) is 24.9 Å². The Labute approximate surface area is 174 Å². The number of carbonyl (C=O) groups is 1. The number of fused-ring (bicyclic) bond motifs is 1. The number of carbonyl (C=O) groups excluding carboxylic acids is 1. The lowest BCUT2D eigenvalue weighted by atomic mass is 9.87. The molecule has 152 valence electrons. The van der Waals surface area contributed by atoms with Crippen LogP contribution in [0.5, 0.6) is 0 Å². The first-order valence-corrected chi connectivity index (χ1v) is 10.3. The standard InChI is InChI=1S/C23H23N5O2/c29-22-19-17(9-13-25-22)21(27-20(26-19)16-6-2-1-3-7-16)28-14-10-23(30,11-15-28)18-8-4-5-12-24-18/h1-8,12,30H,9-11,13-15H2,(H,25,29). The van der Waals surface area contributed by atoms with E-state index in [4.69, 9.17) is 4.98 Å². The summed E-state index contributed by atoms with van der Waals surface area (Å²) in [7, 11) is 0. The first-order valence-electron chi connectivity index (χ1n) is 10.3. The molecule has 1 amide bonds. The van der Waals surface area contributed by atoms with E-state index >= 15 is 0 Å². The molecule has 1 fully saturated rings. The molecule has 2 aliphatic heterocycles. The van der Waals surface area contributed by atoms with Gasteiger partial charge in [-0.3, -0.25) is 9.78 Å². The summed E-state index contributed by atoms with van der Waals surface area (Å²) in [5.41, 5.74) is 1.99. The number of hydrogen-bond acceptors (Lipinski definition) is 6. The van der Waals surface area contributed by atoms with E-state index < -0.39 is 5.60 Å². The summed E-state index contributed by atoms with van der Waals surface area (Å²) < 4.78 is 0. The van der Waals surface area contributed by atoms with Crippen LogP contribution in [-0.4, -0.2) is 45.6 Å². The Bertz CT molecular complexity index is 1060. The Morgan fingerprint density at radius 2 is 1.77 bits per heavy atom. The molecule has 2 N–H and O–H groups in total. The molecule has 0 unspecified atom stereocenters. The van der Waals surface area contributed by atoms with Gasteiger partial charge < -0.3 is 15.3 Å². The first kappa shape index (κ1) is 18.7. The second kappa shape index (κ2) is 7.50. The fourth-order valence-electron chi connectivity index (χ4n) is 4.24. The van der Waals surface area contributed by atoms with E-state index in [1.807, 2.05) is 48.5 Å². The van der Waals surface area contributed by atoms with Crippen LogP contribution < -0.4 is 10.2 Å². The summed E-state index contributed by atoms with van der Waals surface area (Å²) in [6, 6.07) is 15.3. The van der Waals surface area contributed by atoms with Crippen LogP contribution in [0.4, 0.5) is 5.82 Å². The summed E-state index contributed by atoms with van der Waals surface area (Å²) in [4.78, 5) is 28.5. The van der Waals surface area contributed by atoms with E-state index in [2.05, 4.69) is 20.2 Å². The molecule has 0 saturated carbocycles. The Balaban J connectivity index is 1.50. The maximum atomic E-state index is 12.5. The molecule has 2 aromatic heterocycles. The van der Waals surface area contributed by atoms with E-state index in [9.17, 15) is 9.90 Å². The van der Waals surface area contributed by atoms with Crippen molar-refractivity contribution in [3.63, 3.8) is 0 Å². The number of hydrogen-bond donors (Lipinski definition) is 2. The van der Waals surface area contributed by atoms with Crippen molar-refractivity contribution >= 4 is 11.7 Å². The molecule has 4 heterocycles. The van der Waals surface area contributed by atoms with Crippen LogP contribution >= 0.6 is 0 Å². The molecular weight excluding hydrogens is 378 g/mol. The highest BCUT2D eigenvalue weighted by atomic mass is 16.3. The predicted octanol–water partition coefficient (Wildman–Crippen LogP) is 2.31. The van der Waals surface area contributed by atoms with Gasteiger partial charge in [0.1, 0.15) is 17.1 Å². The number of aliphatic hydroxyl groups is 1. The van der Waals surface area contributed by atoms with Crippen molar-refractivity contribution in [2.24, 2.45) is 0 Å². The molecule has 7 nitrogen and oxygen atoms in total. The zero-order valence-corrected chi connectivity index (χ0v) is 16.6. The van der Waals surface area contributed by atoms with Crippen molar-refractivity contribution in [3.8, 4) is 11.4 Å². The average Bonchev–Trinajstić information content (AvgIpc) is 2.81. The Morgan fingerprint density at radius 3 is 2.50 bits per heavy atom. The van der Waals surface area contributed by atoms with Gasteiger partial charge >= 0.3 is 0 Å². The number of piperidine rings is 1. The average molecular weight is 401 g/mol. The summed E-state index contributed by atoms with van der Waals surface area (Å²) in [6.07, 6.45) is 3.52. The Hall–Kier alpha value is -3.32. The van der Waals surface area contributed by atoms with E-state index in [-0.39, 0.29) is 5.91 Å². The van der Waals surface area contributed by atoms with Crippen molar-refractivity contribution in [3.05, 3.63) is 71.7 Å². The molecule has 2 aliphatic rings. The number of aromatic nitrogens is 3. The molecule has 7 heteroatoms. The van der Waals surface area contributed by atoms with E-state index in [0.717, 1.165) is 16.9 Å². The van der Waals surface area contributed by atoms with Crippen LogP contribution in [-0.2, 0) is 12.0 Å². The van der Waals surface area contributed by atoms with Crippen LogP contribution in [0.3, 0.4) is 0 Å². The number of anilines is 1. The Morgan fingerprint density at radius 1 is 1.00 bits per heavy atom. The van der Waals surface area contributed by atoms with E-state index in [0.29, 0.717) is 56.1 Å². The lowest BCUT2D eigenvalue weighted by Gasteiger charge is -2.39. The van der Waals surface area contributed by atoms with Gasteiger partial charge in [-0.15, -0.1) is 0 Å². The van der Waals surface area contributed by atoms with Gasteiger partial charge in [-0.1, -0.05) is 36.4 Å². The zero-order chi connectivity index (χ0) is 20.6. The molecule has 1 aromatic carbocycles. The van der Waals surface area contributed by atoms with Crippen molar-refractivity contribution in [1.29, 1.82) is 0 Å². The SMILES string of the molecule is O=C1NCCc2c1nc(-c1ccccc1)nc2N1CCC(O)(c2ccccn2)CC1. The summed E-state index contributed by atoms with van der Waals surface area (Å²) in [5, 5.41) is 14.0. The molecule has 0 bridgehead atoms. The van der Waals surface area contributed by atoms with Gasteiger partial charge in [-0.2, -0.15) is 0 Å². The third-order valence-electron chi connectivity index (χ3n) is 5.92. The minimum absolute atomic E-state index is 0.154. The highest BCUT2D eigenvalue weighted by Gasteiger charge is 2.37. The van der Waals surface area contributed by atoms with Gasteiger partial charge in [0.15, 0.2) is 5.82 Å². The highest BCUT2D eigenvalue weighted by molar-refractivity contribution is 5.96. The zero-order valence-electron chi connectivity index (χ0n) is 16.6. The summed E-state index contributed by atoms with van der Waals surface area (Å²) in [5.74, 6) is 1.20. The fraction of sp³-hybridized carbons (Fsp3) is 0.304. The number of nitrogens with zero attached hydrogens (tertiary/aromatic N) is 4. The molecule has 0 spiro atoms. The maximum absolute atomic E-state index is 12.5. The smallest absolute Gasteiger partial charge is 0.270 e. The molecule has 0 radical (unpaired) electrons. The van der Waals surface area contributed by atoms with E-state index in [1.165, 1.54) is 0 Å². The van der Waals surface area contributed by atoms with Crippen LogP contribution in [0.25, 0.3) is 11.4 Å². The van der Waals surface area contributed by atoms with Gasteiger partial charge in [0.25, 0.3) is 5.91 Å². The highest BCUT2D eigenvalue weighted by Crippen LogP contribution is 2.35. The first-order chi connectivity index (χ1) is 14.6. The second-order valence-electron chi connectivity index (χ2n) is 7.80. The topological polar surface area (TPSA) is 91.2 Å². The van der Waals surface area contributed by atoms with Crippen LogP contribution in [0.15, 0.2) is 54.7 Å². The number of rotatable bonds is 3. The van der Waals surface area contributed by atoms with Crippen LogP contribution in [0.2, 0.25) is 0 Å². The normalized spacial score (nSPS) is 17.9. The van der Waals surface area contributed by atoms with E-state index in [1.54, 1.807) is 6.20 Å². The lowest BCUT2D eigenvalue weighted by Crippen LogP contribution is -2.44. The summed E-state index contributed by atoms with van der Waals surface area (Å²) >= 11 is 0. The monoisotopic (exact) mass is 401 g/mol. The number of pyridine rings is 1. The van der Waals surface area contributed by atoms with Gasteiger partial charge in [0, 0.05) is 37.0 Å². The van der Waals surface area contributed by atoms with Crippen LogP contribution in [0.1, 0.15) is 34.6 Å². The number of nitrogens with one attached hydrogen (secondary N) is 1. The van der Waals surface area contributed by atoms with Crippen molar-refractivity contribution < 1.29 is 9.90 Å². The van der Waals surface area contributed by atoms with Crippen molar-refractivity contribution in [1.82, 2.24) is 20.3 Å². The fourth-order valence-corrected chi connectivity index (χ4v) is 4.24. The molecule has 30 heavy (non-hydrogen) atoms. The Kier molecular flexibility index (Phi) is 4.67. The van der Waals surface area contributed by atoms with Crippen molar-refractivity contribution in [2.75, 3.05) is 24.5 Å². The molecular formula is C23H23N5O2. The lowest BCUT2D eigenvalue weighted by molar-refractivity contribution is 0.00745. The third kappa shape index (κ3) is 3.31. The molecule has 5 rings (SSSR count). The minimum atomic E-state index is -0.940. The third-order valence-corrected chi connectivity index (χ3v) is 5.92. The predicted molar refractivity (Wildman–Crippen MR) is 113 cm³/mol. The van der Waals surface area contributed by atoms with Gasteiger partial charge in [0.2, 0.25) is 0 Å². The van der Waals surface area contributed by atoms with Crippen LogP contribution in [0, 0.1) is 0 Å². The van der Waals surface area contributed by atoms with Gasteiger partial charge in [-0.05, 0) is 31.4 Å². The second-order valence-corrected chi connectivity index (χ2v) is 7.80. The van der Waals surface area contributed by atoms with Gasteiger partial charge in [0.05, 0.1) is 5.69 Å². The maximum Gasteiger partial charge on any atom is 0.270 e. The minimum Gasteiger partial charge on any atom is -0.383 e. The molecule has 1 saturated heterocycles. The number of benzene rings is 1. The number of amides is 1. The molecule has 3 aromatic rings.